The normalized spacial score (nSPS) is 12.0. The molecule has 3 rings (SSSR count). The maximum absolute atomic E-state index is 12.6. The molecule has 0 unspecified atom stereocenters. The van der Waals surface area contributed by atoms with Gasteiger partial charge in [0.05, 0.1) is 10.8 Å². The summed E-state index contributed by atoms with van der Waals surface area (Å²) in [5, 5.41) is 17.0. The molecule has 7 heteroatoms. The fourth-order valence-corrected chi connectivity index (χ4v) is 3.30. The molecule has 0 saturated heterocycles. The maximum atomic E-state index is 12.6. The van der Waals surface area contributed by atoms with Gasteiger partial charge in [0.15, 0.2) is 10.6 Å². The van der Waals surface area contributed by atoms with Crippen LogP contribution in [0, 0.1) is 0 Å². The lowest BCUT2D eigenvalue weighted by molar-refractivity contribution is 0.456. The molecular weight excluding hydrogens is 336 g/mol. The van der Waals surface area contributed by atoms with E-state index >= 15 is 0 Å². The molecule has 0 radical (unpaired) electrons. The molecule has 0 spiro atoms. The molecule has 2 N–H and O–H groups in total. The maximum Gasteiger partial charge on any atom is 0.284 e. The van der Waals surface area contributed by atoms with Crippen molar-refractivity contribution in [2.75, 3.05) is 0 Å². The number of benzene rings is 2. The third-order valence-electron chi connectivity index (χ3n) is 3.18. The first kappa shape index (κ1) is 15.5. The second-order valence-corrected chi connectivity index (χ2v) is 6.52. The van der Waals surface area contributed by atoms with Crippen molar-refractivity contribution in [3.63, 3.8) is 0 Å². The van der Waals surface area contributed by atoms with E-state index in [1.54, 1.807) is 48.5 Å². The standard InChI is InChI=1S/C16H11ClN2O3S/c17-11-6-8-12(9-7-11)23(22)15-14(20)13(18-19-16(15)21)10-4-2-1-3-5-10/h1-9H,(H2,19,20,21)/t23-/m0/s1. The summed E-state index contributed by atoms with van der Waals surface area (Å²) in [5.41, 5.74) is 0.0774. The van der Waals surface area contributed by atoms with Crippen LogP contribution in [0.15, 0.2) is 69.2 Å². The van der Waals surface area contributed by atoms with Crippen LogP contribution in [-0.2, 0) is 10.8 Å². The Morgan fingerprint density at radius 2 is 1.70 bits per heavy atom. The molecule has 116 valence electrons. The van der Waals surface area contributed by atoms with Crippen molar-refractivity contribution in [2.24, 2.45) is 0 Å². The summed E-state index contributed by atoms with van der Waals surface area (Å²) in [6.45, 7) is 0. The fourth-order valence-electron chi connectivity index (χ4n) is 2.07. The molecule has 3 aromatic rings. The Kier molecular flexibility index (Phi) is 4.27. The first-order valence-corrected chi connectivity index (χ1v) is 8.15. The van der Waals surface area contributed by atoms with E-state index in [4.69, 9.17) is 11.6 Å². The van der Waals surface area contributed by atoms with Gasteiger partial charge in [-0.3, -0.25) is 4.79 Å². The third-order valence-corrected chi connectivity index (χ3v) is 4.88. The highest BCUT2D eigenvalue weighted by atomic mass is 35.5. The topological polar surface area (TPSA) is 83.1 Å². The quantitative estimate of drug-likeness (QED) is 0.763. The molecule has 0 amide bonds. The molecule has 1 aromatic heterocycles. The van der Waals surface area contributed by atoms with Gasteiger partial charge in [-0.25, -0.2) is 9.31 Å². The highest BCUT2D eigenvalue weighted by Gasteiger charge is 2.21. The van der Waals surface area contributed by atoms with Crippen LogP contribution in [0.5, 0.6) is 5.75 Å². The van der Waals surface area contributed by atoms with E-state index in [0.29, 0.717) is 15.5 Å². The van der Waals surface area contributed by atoms with Gasteiger partial charge in [0.1, 0.15) is 5.69 Å². The average molecular weight is 347 g/mol. The highest BCUT2D eigenvalue weighted by molar-refractivity contribution is 7.85. The van der Waals surface area contributed by atoms with Crippen molar-refractivity contribution in [3.05, 3.63) is 70.0 Å². The minimum absolute atomic E-state index is 0.169. The van der Waals surface area contributed by atoms with Gasteiger partial charge >= 0.3 is 0 Å². The predicted molar refractivity (Wildman–Crippen MR) is 88.1 cm³/mol. The minimum Gasteiger partial charge on any atom is -0.504 e. The van der Waals surface area contributed by atoms with E-state index in [0.717, 1.165) is 0 Å². The zero-order valence-corrected chi connectivity index (χ0v) is 13.3. The van der Waals surface area contributed by atoms with Crippen LogP contribution in [0.25, 0.3) is 11.3 Å². The average Bonchev–Trinajstić information content (AvgIpc) is 2.56. The number of rotatable bonds is 3. The minimum atomic E-state index is -1.85. The van der Waals surface area contributed by atoms with Gasteiger partial charge in [-0.15, -0.1) is 0 Å². The molecule has 23 heavy (non-hydrogen) atoms. The molecule has 2 aromatic carbocycles. The van der Waals surface area contributed by atoms with Crippen molar-refractivity contribution < 1.29 is 9.32 Å². The summed E-state index contributed by atoms with van der Waals surface area (Å²) in [4.78, 5) is 12.1. The van der Waals surface area contributed by atoms with E-state index in [1.807, 2.05) is 6.07 Å². The van der Waals surface area contributed by atoms with Gasteiger partial charge in [0.25, 0.3) is 5.56 Å². The smallest absolute Gasteiger partial charge is 0.284 e. The molecule has 0 aliphatic rings. The first-order valence-electron chi connectivity index (χ1n) is 6.62. The van der Waals surface area contributed by atoms with Gasteiger partial charge in [0.2, 0.25) is 0 Å². The van der Waals surface area contributed by atoms with Gasteiger partial charge < -0.3 is 5.11 Å². The Balaban J connectivity index is 2.14. The van der Waals surface area contributed by atoms with Gasteiger partial charge in [-0.05, 0) is 24.3 Å². The van der Waals surface area contributed by atoms with Crippen molar-refractivity contribution in [1.29, 1.82) is 0 Å². The van der Waals surface area contributed by atoms with Gasteiger partial charge in [0, 0.05) is 15.5 Å². The molecule has 1 atom stereocenters. The van der Waals surface area contributed by atoms with Crippen molar-refractivity contribution in [3.8, 4) is 17.0 Å². The van der Waals surface area contributed by atoms with Crippen LogP contribution in [0.3, 0.4) is 0 Å². The Bertz CT molecular complexity index is 924. The summed E-state index contributed by atoms with van der Waals surface area (Å²) in [7, 11) is -1.85. The number of hydrogen-bond donors (Lipinski definition) is 2. The van der Waals surface area contributed by atoms with Crippen molar-refractivity contribution >= 4 is 22.4 Å². The second kappa shape index (κ2) is 6.36. The molecule has 0 fully saturated rings. The molecule has 0 aliphatic carbocycles. The first-order chi connectivity index (χ1) is 11.1. The summed E-state index contributed by atoms with van der Waals surface area (Å²) in [6, 6.07) is 15.1. The van der Waals surface area contributed by atoms with E-state index in [2.05, 4.69) is 10.2 Å². The summed E-state index contributed by atoms with van der Waals surface area (Å²) in [6.07, 6.45) is 0. The van der Waals surface area contributed by atoms with Crippen LogP contribution >= 0.6 is 11.6 Å². The molecule has 0 bridgehead atoms. The Morgan fingerprint density at radius 3 is 2.35 bits per heavy atom. The van der Waals surface area contributed by atoms with Gasteiger partial charge in [-0.2, -0.15) is 5.10 Å². The highest BCUT2D eigenvalue weighted by Crippen LogP contribution is 2.31. The Labute approximate surface area is 139 Å². The van der Waals surface area contributed by atoms with Crippen LogP contribution in [0.2, 0.25) is 5.02 Å². The molecule has 5 nitrogen and oxygen atoms in total. The Hall–Kier alpha value is -2.44. The van der Waals surface area contributed by atoms with E-state index in [1.165, 1.54) is 0 Å². The van der Waals surface area contributed by atoms with Gasteiger partial charge in [-0.1, -0.05) is 41.9 Å². The van der Waals surface area contributed by atoms with Crippen LogP contribution < -0.4 is 5.56 Å². The monoisotopic (exact) mass is 346 g/mol. The summed E-state index contributed by atoms with van der Waals surface area (Å²) >= 11 is 5.80. The lowest BCUT2D eigenvalue weighted by Gasteiger charge is -2.08. The lowest BCUT2D eigenvalue weighted by atomic mass is 10.1. The van der Waals surface area contributed by atoms with Crippen LogP contribution in [0.1, 0.15) is 0 Å². The fraction of sp³-hybridized carbons (Fsp3) is 0. The Morgan fingerprint density at radius 1 is 1.04 bits per heavy atom. The molecule has 0 aliphatic heterocycles. The van der Waals surface area contributed by atoms with Crippen molar-refractivity contribution in [1.82, 2.24) is 10.2 Å². The number of H-pyrrole nitrogens is 1. The number of aromatic nitrogens is 2. The van der Waals surface area contributed by atoms with E-state index in [9.17, 15) is 14.1 Å². The van der Waals surface area contributed by atoms with E-state index in [-0.39, 0.29) is 10.6 Å². The number of aromatic amines is 1. The predicted octanol–water partition coefficient (Wildman–Crippen LogP) is 2.96. The molecular formula is C16H11ClN2O3S. The second-order valence-electron chi connectivity index (χ2n) is 4.67. The zero-order chi connectivity index (χ0) is 16.4. The van der Waals surface area contributed by atoms with Crippen LogP contribution in [-0.4, -0.2) is 19.5 Å². The molecule has 0 saturated carbocycles. The number of nitrogens with one attached hydrogen (secondary N) is 1. The molecule has 1 heterocycles. The number of nitrogens with zero attached hydrogens (tertiary/aromatic N) is 1. The SMILES string of the molecule is O=c1[nH]nc(-c2ccccc2)c(O)c1[S@@](=O)c1ccc(Cl)cc1. The van der Waals surface area contributed by atoms with Crippen molar-refractivity contribution in [2.45, 2.75) is 9.79 Å². The lowest BCUT2D eigenvalue weighted by Crippen LogP contribution is -2.16. The zero-order valence-electron chi connectivity index (χ0n) is 11.7. The largest absolute Gasteiger partial charge is 0.504 e. The number of hydrogen-bond acceptors (Lipinski definition) is 4. The summed E-state index contributed by atoms with van der Waals surface area (Å²) < 4.78 is 12.6. The third kappa shape index (κ3) is 3.04. The summed E-state index contributed by atoms with van der Waals surface area (Å²) in [5.74, 6) is -0.395. The van der Waals surface area contributed by atoms with E-state index < -0.39 is 22.1 Å². The number of halogens is 1. The number of aromatic hydroxyl groups is 1. The van der Waals surface area contributed by atoms with Crippen LogP contribution in [0.4, 0.5) is 0 Å².